The monoisotopic (exact) mass is 349 g/mol. The first-order chi connectivity index (χ1) is 11.4. The Morgan fingerprint density at radius 2 is 1.62 bits per heavy atom. The summed E-state index contributed by atoms with van der Waals surface area (Å²) in [6, 6.07) is 2.49. The predicted molar refractivity (Wildman–Crippen MR) is 97.4 cm³/mol. The number of halogens is 3. The van der Waals surface area contributed by atoms with Crippen LogP contribution in [0.15, 0.2) is 18.3 Å². The third-order valence-corrected chi connectivity index (χ3v) is 3.01. The van der Waals surface area contributed by atoms with Crippen molar-refractivity contribution in [1.29, 1.82) is 0 Å². The van der Waals surface area contributed by atoms with Crippen molar-refractivity contribution in [3.05, 3.63) is 24.0 Å². The van der Waals surface area contributed by atoms with E-state index in [0.29, 0.717) is 12.2 Å². The van der Waals surface area contributed by atoms with Gasteiger partial charge >= 0.3 is 6.18 Å². The Hall–Kier alpha value is -1.30. The first-order valence-corrected chi connectivity index (χ1v) is 8.89. The Bertz CT molecular complexity index is 389. The smallest absolute Gasteiger partial charge is 0.385 e. The van der Waals surface area contributed by atoms with Crippen molar-refractivity contribution in [3.63, 3.8) is 0 Å². The summed E-state index contributed by atoms with van der Waals surface area (Å²) in [5.41, 5.74) is -0.434. The summed E-state index contributed by atoms with van der Waals surface area (Å²) in [5, 5.41) is 2.78. The molecule has 0 amide bonds. The van der Waals surface area contributed by atoms with Crippen LogP contribution >= 0.6 is 0 Å². The van der Waals surface area contributed by atoms with Gasteiger partial charge in [-0.15, -0.1) is 0 Å². The van der Waals surface area contributed by atoms with E-state index in [4.69, 9.17) is 0 Å². The Balaban J connectivity index is 0. The largest absolute Gasteiger partial charge is 0.433 e. The van der Waals surface area contributed by atoms with Crippen LogP contribution in [0.1, 0.15) is 59.6 Å². The zero-order valence-corrected chi connectivity index (χ0v) is 16.0. The number of piperidine rings is 1. The number of nitrogens with one attached hydrogen (secondary N) is 1. The molecular formula is C18H34F3N3. The van der Waals surface area contributed by atoms with Crippen LogP contribution in [0.2, 0.25) is 0 Å². The molecule has 3 nitrogen and oxygen atoms in total. The summed E-state index contributed by atoms with van der Waals surface area (Å²) < 4.78 is 36.4. The highest BCUT2D eigenvalue weighted by Gasteiger charge is 2.32. The molecule has 1 fully saturated rings. The molecule has 0 aliphatic carbocycles. The predicted octanol–water partition coefficient (Wildman–Crippen LogP) is 5.69. The number of anilines is 1. The van der Waals surface area contributed by atoms with Crippen molar-refractivity contribution < 1.29 is 13.2 Å². The maximum Gasteiger partial charge on any atom is 0.433 e. The average Bonchev–Trinajstić information content (AvgIpc) is 2.60. The molecule has 0 saturated carbocycles. The summed E-state index contributed by atoms with van der Waals surface area (Å²) in [6.07, 6.45) is 1.05. The number of nitrogens with zero attached hydrogens (tertiary/aromatic N) is 2. The normalized spacial score (nSPS) is 14.0. The van der Waals surface area contributed by atoms with Gasteiger partial charge in [0.25, 0.3) is 0 Å². The minimum absolute atomic E-state index is 0.435. The number of aromatic nitrogens is 1. The summed E-state index contributed by atoms with van der Waals surface area (Å²) in [7, 11) is 2.19. The zero-order chi connectivity index (χ0) is 19.0. The fraction of sp³-hybridized carbons (Fsp3) is 0.722. The minimum atomic E-state index is -4.37. The molecule has 24 heavy (non-hydrogen) atoms. The molecule has 0 spiro atoms. The maximum atomic E-state index is 12.1. The highest BCUT2D eigenvalue weighted by molar-refractivity contribution is 5.43. The standard InChI is InChI=1S/C8H9F3N2.C6H13N.2C2H6/c1-2-12-6-3-4-13-7(5-6)8(9,10)11;1-7-5-3-2-4-6-7;2*1-2/h3-5H,2H2,1H3,(H,12,13);2-6H2,1H3;2*1-2H3. The van der Waals surface area contributed by atoms with E-state index in [1.54, 1.807) is 0 Å². The summed E-state index contributed by atoms with van der Waals surface area (Å²) in [6.45, 7) is 13.0. The average molecular weight is 349 g/mol. The molecule has 0 radical (unpaired) electrons. The quantitative estimate of drug-likeness (QED) is 0.744. The van der Waals surface area contributed by atoms with Crippen LogP contribution in [0.4, 0.5) is 18.9 Å². The van der Waals surface area contributed by atoms with Crippen molar-refractivity contribution in [2.45, 2.75) is 60.1 Å². The molecule has 0 aromatic carbocycles. The van der Waals surface area contributed by atoms with E-state index in [2.05, 4.69) is 22.2 Å². The maximum absolute atomic E-state index is 12.1. The molecule has 1 aliphatic rings. The van der Waals surface area contributed by atoms with Gasteiger partial charge in [0.1, 0.15) is 5.69 Å². The van der Waals surface area contributed by atoms with Crippen molar-refractivity contribution >= 4 is 5.69 Å². The fourth-order valence-corrected chi connectivity index (χ4v) is 1.95. The van der Waals surface area contributed by atoms with Crippen molar-refractivity contribution in [2.24, 2.45) is 0 Å². The molecule has 6 heteroatoms. The Morgan fingerprint density at radius 1 is 1.08 bits per heavy atom. The van der Waals surface area contributed by atoms with Crippen LogP contribution in [0.3, 0.4) is 0 Å². The second-order valence-electron chi connectivity index (χ2n) is 4.82. The lowest BCUT2D eigenvalue weighted by Crippen LogP contribution is -2.24. The van der Waals surface area contributed by atoms with E-state index >= 15 is 0 Å². The highest BCUT2D eigenvalue weighted by Crippen LogP contribution is 2.28. The molecule has 0 bridgehead atoms. The third kappa shape index (κ3) is 12.2. The summed E-state index contributed by atoms with van der Waals surface area (Å²) in [5.74, 6) is 0. The first-order valence-electron chi connectivity index (χ1n) is 8.89. The van der Waals surface area contributed by atoms with Gasteiger partial charge in [-0.3, -0.25) is 4.98 Å². The molecule has 2 rings (SSSR count). The van der Waals surface area contributed by atoms with Crippen molar-refractivity contribution in [3.8, 4) is 0 Å². The van der Waals surface area contributed by atoms with E-state index in [0.717, 1.165) is 12.3 Å². The highest BCUT2D eigenvalue weighted by atomic mass is 19.4. The number of alkyl halides is 3. The minimum Gasteiger partial charge on any atom is -0.385 e. The first kappa shape index (κ1) is 24.9. The number of rotatable bonds is 2. The van der Waals surface area contributed by atoms with Gasteiger partial charge in [-0.05, 0) is 52.0 Å². The van der Waals surface area contributed by atoms with Crippen LogP contribution in [-0.2, 0) is 6.18 Å². The van der Waals surface area contributed by atoms with Gasteiger partial charge in [0.2, 0.25) is 0 Å². The summed E-state index contributed by atoms with van der Waals surface area (Å²) >= 11 is 0. The number of hydrogen-bond donors (Lipinski definition) is 1. The van der Waals surface area contributed by atoms with Crippen LogP contribution < -0.4 is 5.32 Å². The molecule has 0 unspecified atom stereocenters. The molecule has 1 aromatic heterocycles. The number of pyridine rings is 1. The second kappa shape index (κ2) is 15.2. The third-order valence-electron chi connectivity index (χ3n) is 3.01. The van der Waals surface area contributed by atoms with Gasteiger partial charge in [0.15, 0.2) is 0 Å². The van der Waals surface area contributed by atoms with E-state index in [-0.39, 0.29) is 0 Å². The molecule has 142 valence electrons. The van der Waals surface area contributed by atoms with E-state index in [9.17, 15) is 13.2 Å². The molecule has 1 aromatic rings. The van der Waals surface area contributed by atoms with E-state index < -0.39 is 11.9 Å². The van der Waals surface area contributed by atoms with E-state index in [1.165, 1.54) is 38.4 Å². The molecule has 0 atom stereocenters. The van der Waals surface area contributed by atoms with Crippen LogP contribution in [0.5, 0.6) is 0 Å². The van der Waals surface area contributed by atoms with Crippen LogP contribution in [0, 0.1) is 0 Å². The molecule has 1 saturated heterocycles. The van der Waals surface area contributed by atoms with Gasteiger partial charge in [-0.25, -0.2) is 0 Å². The van der Waals surface area contributed by atoms with Gasteiger partial charge in [0, 0.05) is 18.4 Å². The van der Waals surface area contributed by atoms with Gasteiger partial charge in [0.05, 0.1) is 0 Å². The Labute approximate surface area is 145 Å². The van der Waals surface area contributed by atoms with Gasteiger partial charge in [-0.2, -0.15) is 13.2 Å². The Morgan fingerprint density at radius 3 is 2.00 bits per heavy atom. The molecule has 1 aliphatic heterocycles. The lowest BCUT2D eigenvalue weighted by atomic mass is 10.1. The van der Waals surface area contributed by atoms with Gasteiger partial charge < -0.3 is 10.2 Å². The van der Waals surface area contributed by atoms with Crippen molar-refractivity contribution in [2.75, 3.05) is 32.0 Å². The zero-order valence-electron chi connectivity index (χ0n) is 16.0. The number of hydrogen-bond acceptors (Lipinski definition) is 3. The Kier molecular flexibility index (Phi) is 15.8. The SMILES string of the molecule is CC.CC.CCNc1ccnc(C(F)(F)F)c1.CN1CCCCC1. The topological polar surface area (TPSA) is 28.2 Å². The van der Waals surface area contributed by atoms with Gasteiger partial charge in [-0.1, -0.05) is 34.1 Å². The van der Waals surface area contributed by atoms with Crippen LogP contribution in [0.25, 0.3) is 0 Å². The lowest BCUT2D eigenvalue weighted by Gasteiger charge is -2.20. The van der Waals surface area contributed by atoms with E-state index in [1.807, 2.05) is 34.6 Å². The van der Waals surface area contributed by atoms with Crippen molar-refractivity contribution in [1.82, 2.24) is 9.88 Å². The summed E-state index contributed by atoms with van der Waals surface area (Å²) in [4.78, 5) is 5.62. The lowest BCUT2D eigenvalue weighted by molar-refractivity contribution is -0.141. The molecular weight excluding hydrogens is 315 g/mol. The van der Waals surface area contributed by atoms with Crippen LogP contribution in [-0.4, -0.2) is 36.6 Å². The molecule has 2 heterocycles. The number of likely N-dealkylation sites (tertiary alicyclic amines) is 1. The fourth-order valence-electron chi connectivity index (χ4n) is 1.95. The second-order valence-corrected chi connectivity index (χ2v) is 4.82. The molecule has 1 N–H and O–H groups in total.